The van der Waals surface area contributed by atoms with Crippen molar-refractivity contribution >= 4 is 23.2 Å². The molecule has 144 valence electrons. The molecule has 0 bridgehead atoms. The number of nitrogens with zero attached hydrogens (tertiary/aromatic N) is 3. The maximum Gasteiger partial charge on any atom is 0.209 e. The Bertz CT molecular complexity index is 974. The third-order valence-corrected chi connectivity index (χ3v) is 5.85. The molecule has 1 aliphatic heterocycles. The Hall–Kier alpha value is -2.86. The van der Waals surface area contributed by atoms with Crippen LogP contribution < -0.4 is 4.90 Å². The zero-order chi connectivity index (χ0) is 20.3. The maximum absolute atomic E-state index is 8.87. The van der Waals surface area contributed by atoms with E-state index in [1.807, 2.05) is 0 Å². The van der Waals surface area contributed by atoms with E-state index in [1.54, 1.807) is 0 Å². The van der Waals surface area contributed by atoms with Gasteiger partial charge in [0.15, 0.2) is 5.71 Å². The molecule has 3 heteroatoms. The molecule has 0 spiro atoms. The van der Waals surface area contributed by atoms with Gasteiger partial charge in [-0.1, -0.05) is 24.3 Å². The number of benzene rings is 2. The molecular formula is C25H30N3+. The zero-order valence-corrected chi connectivity index (χ0v) is 17.7. The van der Waals surface area contributed by atoms with Crippen LogP contribution in [-0.4, -0.2) is 30.4 Å². The first-order chi connectivity index (χ1) is 13.4. The molecule has 1 aliphatic rings. The van der Waals surface area contributed by atoms with Gasteiger partial charge in [-0.3, -0.25) is 0 Å². The van der Waals surface area contributed by atoms with Crippen molar-refractivity contribution in [1.82, 2.24) is 0 Å². The molecule has 0 unspecified atom stereocenters. The van der Waals surface area contributed by atoms with Crippen LogP contribution in [0.3, 0.4) is 0 Å². The molecule has 3 rings (SSSR count). The molecular weight excluding hydrogens is 342 g/mol. The SMILES string of the molecule is CCN(CCC#N)c1ccc(/C=C/C2=[N+](C)c3ccccc3C2(C)C)c(C)c1. The van der Waals surface area contributed by atoms with E-state index in [9.17, 15) is 0 Å². The Labute approximate surface area is 169 Å². The maximum atomic E-state index is 8.87. The van der Waals surface area contributed by atoms with Crippen LogP contribution in [0.5, 0.6) is 0 Å². The third kappa shape index (κ3) is 3.60. The van der Waals surface area contributed by atoms with Crippen LogP contribution in [0.25, 0.3) is 6.08 Å². The minimum Gasteiger partial charge on any atom is -0.371 e. The van der Waals surface area contributed by atoms with Crippen LogP contribution in [0.15, 0.2) is 48.5 Å². The highest BCUT2D eigenvalue weighted by Crippen LogP contribution is 2.39. The average molecular weight is 373 g/mol. The van der Waals surface area contributed by atoms with Crippen LogP contribution in [0.1, 0.15) is 43.9 Å². The molecule has 2 aromatic carbocycles. The number of anilines is 1. The van der Waals surface area contributed by atoms with Gasteiger partial charge in [-0.15, -0.1) is 0 Å². The summed E-state index contributed by atoms with van der Waals surface area (Å²) in [6, 6.07) is 17.5. The summed E-state index contributed by atoms with van der Waals surface area (Å²) in [5, 5.41) is 8.87. The van der Waals surface area contributed by atoms with Crippen molar-refractivity contribution in [3.05, 3.63) is 65.2 Å². The largest absolute Gasteiger partial charge is 0.371 e. The first kappa shape index (κ1) is 19.9. The van der Waals surface area contributed by atoms with Crippen LogP contribution in [0.2, 0.25) is 0 Å². The van der Waals surface area contributed by atoms with E-state index < -0.39 is 0 Å². The lowest BCUT2D eigenvalue weighted by Crippen LogP contribution is -2.26. The van der Waals surface area contributed by atoms with Gasteiger partial charge in [0, 0.05) is 36.5 Å². The van der Waals surface area contributed by atoms with E-state index in [-0.39, 0.29) is 5.41 Å². The van der Waals surface area contributed by atoms with Gasteiger partial charge in [0.25, 0.3) is 0 Å². The molecule has 2 aromatic rings. The summed E-state index contributed by atoms with van der Waals surface area (Å²) >= 11 is 0. The number of allylic oxidation sites excluding steroid dienone is 1. The van der Waals surface area contributed by atoms with Crippen molar-refractivity contribution in [1.29, 1.82) is 5.26 Å². The third-order valence-electron chi connectivity index (χ3n) is 5.85. The van der Waals surface area contributed by atoms with Gasteiger partial charge in [0.2, 0.25) is 5.69 Å². The fraction of sp³-hybridized carbons (Fsp3) is 0.360. The number of fused-ring (bicyclic) bond motifs is 1. The van der Waals surface area contributed by atoms with Gasteiger partial charge in [-0.05, 0) is 57.0 Å². The second kappa shape index (κ2) is 8.02. The molecule has 3 nitrogen and oxygen atoms in total. The van der Waals surface area contributed by atoms with Crippen molar-refractivity contribution in [2.24, 2.45) is 0 Å². The quantitative estimate of drug-likeness (QED) is 0.631. The average Bonchev–Trinajstić information content (AvgIpc) is 2.88. The Morgan fingerprint density at radius 2 is 1.89 bits per heavy atom. The highest BCUT2D eigenvalue weighted by Gasteiger charge is 2.42. The lowest BCUT2D eigenvalue weighted by molar-refractivity contribution is -0.401. The lowest BCUT2D eigenvalue weighted by Gasteiger charge is -2.22. The smallest absolute Gasteiger partial charge is 0.209 e. The fourth-order valence-electron chi connectivity index (χ4n) is 4.17. The Morgan fingerprint density at radius 1 is 1.14 bits per heavy atom. The summed E-state index contributed by atoms with van der Waals surface area (Å²) in [4.78, 5) is 2.25. The highest BCUT2D eigenvalue weighted by atomic mass is 15.1. The Morgan fingerprint density at radius 3 is 2.54 bits per heavy atom. The number of aryl methyl sites for hydroxylation is 1. The predicted molar refractivity (Wildman–Crippen MR) is 119 cm³/mol. The summed E-state index contributed by atoms with van der Waals surface area (Å²) in [5.74, 6) is 0. The minimum absolute atomic E-state index is 0.00794. The van der Waals surface area contributed by atoms with Crippen molar-refractivity contribution in [3.63, 3.8) is 0 Å². The summed E-state index contributed by atoms with van der Waals surface area (Å²) in [7, 11) is 2.15. The number of hydrogen-bond acceptors (Lipinski definition) is 2. The molecule has 0 saturated carbocycles. The van der Waals surface area contributed by atoms with Crippen molar-refractivity contribution in [2.75, 3.05) is 25.0 Å². The van der Waals surface area contributed by atoms with E-state index in [2.05, 4.69) is 105 Å². The summed E-state index contributed by atoms with van der Waals surface area (Å²) in [6.45, 7) is 10.6. The summed E-state index contributed by atoms with van der Waals surface area (Å²) in [5.41, 5.74) is 7.63. The van der Waals surface area contributed by atoms with Crippen LogP contribution >= 0.6 is 0 Å². The van der Waals surface area contributed by atoms with Gasteiger partial charge in [0.05, 0.1) is 17.9 Å². The van der Waals surface area contributed by atoms with E-state index >= 15 is 0 Å². The van der Waals surface area contributed by atoms with Gasteiger partial charge >= 0.3 is 0 Å². The topological polar surface area (TPSA) is 30.0 Å². The van der Waals surface area contributed by atoms with Gasteiger partial charge < -0.3 is 4.90 Å². The highest BCUT2D eigenvalue weighted by molar-refractivity contribution is 6.05. The minimum atomic E-state index is -0.00794. The van der Waals surface area contributed by atoms with Gasteiger partial charge in [-0.25, -0.2) is 0 Å². The van der Waals surface area contributed by atoms with E-state index in [0.29, 0.717) is 6.42 Å². The molecule has 0 N–H and O–H groups in total. The molecule has 0 aromatic heterocycles. The molecule has 0 atom stereocenters. The summed E-state index contributed by atoms with van der Waals surface area (Å²) < 4.78 is 2.30. The van der Waals surface area contributed by atoms with E-state index in [1.165, 1.54) is 33.8 Å². The number of para-hydroxylation sites is 1. The summed E-state index contributed by atoms with van der Waals surface area (Å²) in [6.07, 6.45) is 5.04. The first-order valence-corrected chi connectivity index (χ1v) is 10.0. The standard InChI is InChI=1S/C25H30N3/c1-6-28(17-9-16-26)21-14-12-20(19(2)18-21)13-15-24-25(3,4)22-10-7-8-11-23(22)27(24)5/h7-8,10-15,18H,6,9,17H2,1-5H3/q+1. The number of hydrogen-bond donors (Lipinski definition) is 0. The molecule has 0 fully saturated rings. The van der Waals surface area contributed by atoms with Crippen LogP contribution in [-0.2, 0) is 5.41 Å². The van der Waals surface area contributed by atoms with E-state index in [4.69, 9.17) is 5.26 Å². The Balaban J connectivity index is 1.88. The molecule has 0 radical (unpaired) electrons. The molecule has 0 amide bonds. The predicted octanol–water partition coefficient (Wildman–Crippen LogP) is 5.45. The molecule has 28 heavy (non-hydrogen) atoms. The molecule has 0 saturated heterocycles. The van der Waals surface area contributed by atoms with Crippen LogP contribution in [0, 0.1) is 18.3 Å². The monoisotopic (exact) mass is 372 g/mol. The van der Waals surface area contributed by atoms with Crippen molar-refractivity contribution in [2.45, 2.75) is 39.5 Å². The first-order valence-electron chi connectivity index (χ1n) is 10.0. The van der Waals surface area contributed by atoms with Crippen molar-refractivity contribution in [3.8, 4) is 6.07 Å². The van der Waals surface area contributed by atoms with Crippen LogP contribution in [0.4, 0.5) is 11.4 Å². The number of nitriles is 1. The van der Waals surface area contributed by atoms with Gasteiger partial charge in [-0.2, -0.15) is 9.84 Å². The van der Waals surface area contributed by atoms with Gasteiger partial charge in [0.1, 0.15) is 7.05 Å². The Kier molecular flexibility index (Phi) is 5.70. The number of rotatable bonds is 6. The lowest BCUT2D eigenvalue weighted by atomic mass is 9.81. The molecule has 0 aliphatic carbocycles. The zero-order valence-electron chi connectivity index (χ0n) is 17.7. The molecule has 1 heterocycles. The van der Waals surface area contributed by atoms with Crippen molar-refractivity contribution < 1.29 is 4.58 Å². The fourth-order valence-corrected chi connectivity index (χ4v) is 4.17. The van der Waals surface area contributed by atoms with E-state index in [0.717, 1.165) is 13.1 Å². The second-order valence-electron chi connectivity index (χ2n) is 7.95. The second-order valence-corrected chi connectivity index (χ2v) is 7.95. The normalized spacial score (nSPS) is 15.0.